The van der Waals surface area contributed by atoms with Crippen molar-refractivity contribution in [3.63, 3.8) is 0 Å². The SMILES string of the molecule is O=C([C@H]1CCN(C(=O)O)[C@@H]1c1ccccc1)N1CC(c2cccnc2)C1. The number of benzene rings is 1. The van der Waals surface area contributed by atoms with E-state index < -0.39 is 12.1 Å². The van der Waals surface area contributed by atoms with Crippen LogP contribution in [0.25, 0.3) is 0 Å². The molecule has 0 unspecified atom stereocenters. The summed E-state index contributed by atoms with van der Waals surface area (Å²) in [5.41, 5.74) is 2.03. The molecule has 26 heavy (non-hydrogen) atoms. The van der Waals surface area contributed by atoms with Gasteiger partial charge in [-0.25, -0.2) is 4.79 Å². The van der Waals surface area contributed by atoms with Crippen LogP contribution in [0.4, 0.5) is 4.79 Å². The van der Waals surface area contributed by atoms with Gasteiger partial charge in [0.2, 0.25) is 5.91 Å². The third kappa shape index (κ3) is 2.92. The largest absolute Gasteiger partial charge is 0.465 e. The van der Waals surface area contributed by atoms with E-state index in [9.17, 15) is 14.7 Å². The number of nitrogens with zero attached hydrogens (tertiary/aromatic N) is 3. The number of carbonyl (C=O) groups is 2. The predicted molar refractivity (Wildman–Crippen MR) is 95.6 cm³/mol. The van der Waals surface area contributed by atoms with E-state index in [0.717, 1.165) is 11.1 Å². The predicted octanol–water partition coefficient (Wildman–Crippen LogP) is 2.75. The first-order valence-electron chi connectivity index (χ1n) is 8.88. The zero-order valence-electron chi connectivity index (χ0n) is 14.4. The number of aromatic nitrogens is 1. The average Bonchev–Trinajstić information content (AvgIpc) is 3.07. The van der Waals surface area contributed by atoms with Crippen LogP contribution in [-0.2, 0) is 4.79 Å². The number of carboxylic acid groups (broad SMARTS) is 1. The third-order valence-corrected chi connectivity index (χ3v) is 5.45. The molecule has 2 aromatic rings. The number of hydrogen-bond donors (Lipinski definition) is 1. The summed E-state index contributed by atoms with van der Waals surface area (Å²) >= 11 is 0. The van der Waals surface area contributed by atoms with E-state index in [1.165, 1.54) is 4.90 Å². The number of carbonyl (C=O) groups excluding carboxylic acids is 1. The Morgan fingerprint density at radius 3 is 2.42 bits per heavy atom. The van der Waals surface area contributed by atoms with Gasteiger partial charge in [-0.3, -0.25) is 9.78 Å². The zero-order chi connectivity index (χ0) is 18.1. The highest BCUT2D eigenvalue weighted by molar-refractivity contribution is 5.82. The molecule has 2 atom stereocenters. The smallest absolute Gasteiger partial charge is 0.407 e. The Balaban J connectivity index is 1.49. The topological polar surface area (TPSA) is 73.7 Å². The van der Waals surface area contributed by atoms with Crippen molar-refractivity contribution in [1.82, 2.24) is 14.8 Å². The minimum absolute atomic E-state index is 0.0581. The van der Waals surface area contributed by atoms with E-state index in [1.807, 2.05) is 53.6 Å². The van der Waals surface area contributed by atoms with Crippen molar-refractivity contribution in [2.75, 3.05) is 19.6 Å². The fourth-order valence-electron chi connectivity index (χ4n) is 4.05. The molecule has 2 fully saturated rings. The van der Waals surface area contributed by atoms with Crippen LogP contribution in [0, 0.1) is 5.92 Å². The highest BCUT2D eigenvalue weighted by atomic mass is 16.4. The summed E-state index contributed by atoms with van der Waals surface area (Å²) in [4.78, 5) is 32.1. The minimum Gasteiger partial charge on any atom is -0.465 e. The molecule has 0 bridgehead atoms. The molecule has 0 aliphatic carbocycles. The maximum absolute atomic E-state index is 13.0. The van der Waals surface area contributed by atoms with Crippen molar-refractivity contribution < 1.29 is 14.7 Å². The zero-order valence-corrected chi connectivity index (χ0v) is 14.4. The van der Waals surface area contributed by atoms with Gasteiger partial charge >= 0.3 is 6.09 Å². The maximum Gasteiger partial charge on any atom is 0.407 e. The lowest BCUT2D eigenvalue weighted by molar-refractivity contribution is -0.140. The Bertz CT molecular complexity index is 790. The fraction of sp³-hybridized carbons (Fsp3) is 0.350. The van der Waals surface area contributed by atoms with Crippen LogP contribution in [0.2, 0.25) is 0 Å². The lowest BCUT2D eigenvalue weighted by atomic mass is 9.87. The number of rotatable bonds is 3. The van der Waals surface area contributed by atoms with Crippen molar-refractivity contribution >= 4 is 12.0 Å². The van der Waals surface area contributed by atoms with Crippen LogP contribution in [-0.4, -0.2) is 51.5 Å². The molecule has 1 N–H and O–H groups in total. The molecule has 6 heteroatoms. The molecule has 0 spiro atoms. The van der Waals surface area contributed by atoms with Gasteiger partial charge in [0, 0.05) is 37.9 Å². The molecule has 2 amide bonds. The molecule has 2 saturated heterocycles. The lowest BCUT2D eigenvalue weighted by Gasteiger charge is -2.41. The number of likely N-dealkylation sites (tertiary alicyclic amines) is 2. The molecule has 0 radical (unpaired) electrons. The van der Waals surface area contributed by atoms with Gasteiger partial charge in [0.15, 0.2) is 0 Å². The van der Waals surface area contributed by atoms with Crippen LogP contribution in [0.15, 0.2) is 54.9 Å². The van der Waals surface area contributed by atoms with Crippen molar-refractivity contribution in [1.29, 1.82) is 0 Å². The van der Waals surface area contributed by atoms with Gasteiger partial charge in [-0.15, -0.1) is 0 Å². The lowest BCUT2D eigenvalue weighted by Crippen LogP contribution is -2.51. The molecule has 6 nitrogen and oxygen atoms in total. The van der Waals surface area contributed by atoms with E-state index in [0.29, 0.717) is 32.0 Å². The summed E-state index contributed by atoms with van der Waals surface area (Å²) in [5, 5.41) is 9.54. The van der Waals surface area contributed by atoms with Crippen molar-refractivity contribution in [3.05, 3.63) is 66.0 Å². The molecule has 1 aromatic heterocycles. The van der Waals surface area contributed by atoms with E-state index in [-0.39, 0.29) is 11.8 Å². The van der Waals surface area contributed by atoms with Gasteiger partial charge in [-0.1, -0.05) is 36.4 Å². The first-order chi connectivity index (χ1) is 12.6. The van der Waals surface area contributed by atoms with Crippen LogP contribution >= 0.6 is 0 Å². The van der Waals surface area contributed by atoms with Gasteiger partial charge in [0.1, 0.15) is 0 Å². The summed E-state index contributed by atoms with van der Waals surface area (Å²) in [6, 6.07) is 13.0. The van der Waals surface area contributed by atoms with E-state index in [1.54, 1.807) is 6.20 Å². The first kappa shape index (κ1) is 16.6. The Morgan fingerprint density at radius 2 is 1.77 bits per heavy atom. The Labute approximate surface area is 152 Å². The van der Waals surface area contributed by atoms with E-state index in [4.69, 9.17) is 0 Å². The highest BCUT2D eigenvalue weighted by Crippen LogP contribution is 2.40. The van der Waals surface area contributed by atoms with Gasteiger partial charge < -0.3 is 14.9 Å². The summed E-state index contributed by atoms with van der Waals surface area (Å²) in [5.74, 6) is 0.0610. The Kier molecular flexibility index (Phi) is 4.32. The van der Waals surface area contributed by atoms with Crippen molar-refractivity contribution in [3.8, 4) is 0 Å². The summed E-state index contributed by atoms with van der Waals surface area (Å²) in [6.45, 7) is 1.75. The highest BCUT2D eigenvalue weighted by Gasteiger charge is 2.45. The average molecular weight is 351 g/mol. The second-order valence-corrected chi connectivity index (χ2v) is 6.95. The van der Waals surface area contributed by atoms with Gasteiger partial charge in [-0.05, 0) is 23.6 Å². The van der Waals surface area contributed by atoms with Crippen LogP contribution in [0.3, 0.4) is 0 Å². The second-order valence-electron chi connectivity index (χ2n) is 6.95. The maximum atomic E-state index is 13.0. The number of hydrogen-bond acceptors (Lipinski definition) is 3. The summed E-state index contributed by atoms with van der Waals surface area (Å²) < 4.78 is 0. The third-order valence-electron chi connectivity index (χ3n) is 5.45. The number of pyridine rings is 1. The van der Waals surface area contributed by atoms with Gasteiger partial charge in [0.05, 0.1) is 12.0 Å². The van der Waals surface area contributed by atoms with Gasteiger partial charge in [0.25, 0.3) is 0 Å². The molecular weight excluding hydrogens is 330 g/mol. The molecule has 3 heterocycles. The Hall–Kier alpha value is -2.89. The van der Waals surface area contributed by atoms with Crippen molar-refractivity contribution in [2.45, 2.75) is 18.4 Å². The van der Waals surface area contributed by atoms with Crippen LogP contribution in [0.5, 0.6) is 0 Å². The number of amides is 2. The molecule has 2 aliphatic heterocycles. The van der Waals surface area contributed by atoms with E-state index >= 15 is 0 Å². The molecular formula is C20H21N3O3. The minimum atomic E-state index is -0.967. The second kappa shape index (κ2) is 6.78. The molecule has 2 aliphatic rings. The molecule has 0 saturated carbocycles. The van der Waals surface area contributed by atoms with Crippen LogP contribution in [0.1, 0.15) is 29.5 Å². The van der Waals surface area contributed by atoms with Crippen molar-refractivity contribution in [2.24, 2.45) is 5.92 Å². The molecule has 1 aromatic carbocycles. The quantitative estimate of drug-likeness (QED) is 0.923. The summed E-state index contributed by atoms with van der Waals surface area (Å²) in [6.07, 6.45) is 3.19. The van der Waals surface area contributed by atoms with Crippen LogP contribution < -0.4 is 0 Å². The Morgan fingerprint density at radius 1 is 1.04 bits per heavy atom. The molecule has 4 rings (SSSR count). The standard InChI is InChI=1S/C20H21N3O3/c24-19(22-12-16(13-22)15-7-4-9-21-11-15)17-8-10-23(20(25)26)18(17)14-5-2-1-3-6-14/h1-7,9,11,16-18H,8,10,12-13H2,(H,25,26)/t17-,18+/m0/s1. The first-order valence-corrected chi connectivity index (χ1v) is 8.88. The van der Waals surface area contributed by atoms with E-state index in [2.05, 4.69) is 4.98 Å². The monoisotopic (exact) mass is 351 g/mol. The summed E-state index contributed by atoms with van der Waals surface area (Å²) in [7, 11) is 0. The molecule has 134 valence electrons. The normalized spacial score (nSPS) is 22.9. The fourth-order valence-corrected chi connectivity index (χ4v) is 4.05. The van der Waals surface area contributed by atoms with Gasteiger partial charge in [-0.2, -0.15) is 0 Å².